The van der Waals surface area contributed by atoms with Crippen LogP contribution >= 0.6 is 15.9 Å². The summed E-state index contributed by atoms with van der Waals surface area (Å²) in [5.74, 6) is -0.932. The molecule has 0 saturated heterocycles. The second-order valence-corrected chi connectivity index (χ2v) is 2.81. The van der Waals surface area contributed by atoms with Gasteiger partial charge in [0, 0.05) is 10.4 Å². The first kappa shape index (κ1) is 8.69. The monoisotopic (exact) mass is 192 g/mol. The lowest BCUT2D eigenvalue weighted by atomic mass is 10.2. The van der Waals surface area contributed by atoms with Gasteiger partial charge in [-0.2, -0.15) is 0 Å². The highest BCUT2D eigenvalue weighted by Crippen LogP contribution is 2.13. The number of aliphatic carboxylic acids is 1. The number of halogens is 1. The van der Waals surface area contributed by atoms with Crippen LogP contribution in [0.15, 0.2) is 12.2 Å². The lowest BCUT2D eigenvalue weighted by molar-refractivity contribution is -0.132. The zero-order chi connectivity index (χ0) is 7.44. The second kappa shape index (κ2) is 3.67. The van der Waals surface area contributed by atoms with Crippen LogP contribution in [0.4, 0.5) is 0 Å². The molecule has 0 aromatic carbocycles. The quantitative estimate of drug-likeness (QED) is 0.548. The second-order valence-electron chi connectivity index (χ2n) is 1.71. The Kier molecular flexibility index (Phi) is 3.54. The van der Waals surface area contributed by atoms with E-state index in [-0.39, 0.29) is 10.4 Å². The molecule has 9 heavy (non-hydrogen) atoms. The highest BCUT2D eigenvalue weighted by atomic mass is 79.9. The van der Waals surface area contributed by atoms with E-state index in [9.17, 15) is 4.79 Å². The standard InChI is InChI=1S/C6H9BrO2/c1-3-5(7)4(2)6(8)9/h5H,2-3H2,1H3,(H,8,9). The Morgan fingerprint density at radius 1 is 1.89 bits per heavy atom. The smallest absolute Gasteiger partial charge is 0.332 e. The first-order valence-electron chi connectivity index (χ1n) is 2.65. The molecule has 0 fully saturated rings. The van der Waals surface area contributed by atoms with Crippen molar-refractivity contribution in [2.75, 3.05) is 0 Å². The Morgan fingerprint density at radius 3 is 2.44 bits per heavy atom. The van der Waals surface area contributed by atoms with E-state index in [4.69, 9.17) is 5.11 Å². The van der Waals surface area contributed by atoms with Gasteiger partial charge in [-0.1, -0.05) is 29.4 Å². The zero-order valence-corrected chi connectivity index (χ0v) is 6.81. The van der Waals surface area contributed by atoms with E-state index in [1.165, 1.54) is 0 Å². The molecule has 0 rings (SSSR count). The van der Waals surface area contributed by atoms with Crippen molar-refractivity contribution in [1.29, 1.82) is 0 Å². The highest BCUT2D eigenvalue weighted by Gasteiger charge is 2.11. The average molecular weight is 193 g/mol. The Hall–Kier alpha value is -0.310. The summed E-state index contributed by atoms with van der Waals surface area (Å²) in [7, 11) is 0. The fraction of sp³-hybridized carbons (Fsp3) is 0.500. The Bertz CT molecular complexity index is 131. The van der Waals surface area contributed by atoms with Gasteiger partial charge in [-0.25, -0.2) is 4.79 Å². The molecule has 0 spiro atoms. The maximum absolute atomic E-state index is 10.2. The molecule has 1 N–H and O–H groups in total. The molecule has 1 unspecified atom stereocenters. The van der Waals surface area contributed by atoms with Crippen LogP contribution in [-0.4, -0.2) is 15.9 Å². The van der Waals surface area contributed by atoms with Gasteiger partial charge in [0.05, 0.1) is 0 Å². The Balaban J connectivity index is 3.88. The Labute approximate surface area is 62.7 Å². The minimum Gasteiger partial charge on any atom is -0.478 e. The topological polar surface area (TPSA) is 37.3 Å². The van der Waals surface area contributed by atoms with Crippen molar-refractivity contribution < 1.29 is 9.90 Å². The molecule has 0 aliphatic rings. The van der Waals surface area contributed by atoms with Crippen LogP contribution in [0.2, 0.25) is 0 Å². The van der Waals surface area contributed by atoms with Gasteiger partial charge in [-0.15, -0.1) is 0 Å². The summed E-state index contributed by atoms with van der Waals surface area (Å²) in [5, 5.41) is 8.35. The third-order valence-corrected chi connectivity index (χ3v) is 2.21. The lowest BCUT2D eigenvalue weighted by Crippen LogP contribution is -2.09. The van der Waals surface area contributed by atoms with Crippen molar-refractivity contribution in [3.63, 3.8) is 0 Å². The maximum atomic E-state index is 10.2. The first-order chi connectivity index (χ1) is 4.09. The van der Waals surface area contributed by atoms with E-state index >= 15 is 0 Å². The van der Waals surface area contributed by atoms with Gasteiger partial charge in [-0.05, 0) is 6.42 Å². The van der Waals surface area contributed by atoms with E-state index in [0.717, 1.165) is 6.42 Å². The van der Waals surface area contributed by atoms with E-state index < -0.39 is 5.97 Å². The van der Waals surface area contributed by atoms with Crippen molar-refractivity contribution in [2.24, 2.45) is 0 Å². The minimum absolute atomic E-state index is 0.0880. The van der Waals surface area contributed by atoms with Crippen LogP contribution in [0.3, 0.4) is 0 Å². The lowest BCUT2D eigenvalue weighted by Gasteiger charge is -2.03. The van der Waals surface area contributed by atoms with E-state index in [1.54, 1.807) is 0 Å². The fourth-order valence-corrected chi connectivity index (χ4v) is 0.576. The van der Waals surface area contributed by atoms with Crippen LogP contribution < -0.4 is 0 Å². The normalized spacial score (nSPS) is 12.7. The van der Waals surface area contributed by atoms with Gasteiger partial charge >= 0.3 is 5.97 Å². The van der Waals surface area contributed by atoms with Crippen molar-refractivity contribution in [2.45, 2.75) is 18.2 Å². The van der Waals surface area contributed by atoms with Gasteiger partial charge in [0.2, 0.25) is 0 Å². The summed E-state index contributed by atoms with van der Waals surface area (Å²) < 4.78 is 0. The van der Waals surface area contributed by atoms with Gasteiger partial charge < -0.3 is 5.11 Å². The van der Waals surface area contributed by atoms with Crippen LogP contribution in [0.1, 0.15) is 13.3 Å². The van der Waals surface area contributed by atoms with Gasteiger partial charge in [0.25, 0.3) is 0 Å². The van der Waals surface area contributed by atoms with Gasteiger partial charge in [0.15, 0.2) is 0 Å². The molecule has 3 heteroatoms. The summed E-state index contributed by atoms with van der Waals surface area (Å²) in [6.07, 6.45) is 0.755. The molecule has 0 aromatic rings. The van der Waals surface area contributed by atoms with E-state index in [0.29, 0.717) is 0 Å². The molecule has 0 radical (unpaired) electrons. The van der Waals surface area contributed by atoms with Crippen LogP contribution in [0, 0.1) is 0 Å². The predicted octanol–water partition coefficient (Wildman–Crippen LogP) is 1.80. The molecular weight excluding hydrogens is 184 g/mol. The predicted molar refractivity (Wildman–Crippen MR) is 39.8 cm³/mol. The maximum Gasteiger partial charge on any atom is 0.332 e. The molecule has 0 saturated carbocycles. The summed E-state index contributed by atoms with van der Waals surface area (Å²) in [4.78, 5) is 10.1. The number of carboxylic acid groups (broad SMARTS) is 1. The summed E-state index contributed by atoms with van der Waals surface area (Å²) in [6.45, 7) is 5.27. The molecule has 0 aliphatic heterocycles. The number of rotatable bonds is 3. The molecule has 0 aliphatic carbocycles. The van der Waals surface area contributed by atoms with Crippen LogP contribution in [-0.2, 0) is 4.79 Å². The zero-order valence-electron chi connectivity index (χ0n) is 5.22. The Morgan fingerprint density at radius 2 is 2.33 bits per heavy atom. The highest BCUT2D eigenvalue weighted by molar-refractivity contribution is 9.09. The van der Waals surface area contributed by atoms with Crippen molar-refractivity contribution >= 4 is 21.9 Å². The number of carbonyl (C=O) groups is 1. The number of hydrogen-bond donors (Lipinski definition) is 1. The molecule has 52 valence electrons. The summed E-state index contributed by atoms with van der Waals surface area (Å²) in [5.41, 5.74) is 0.220. The summed E-state index contributed by atoms with van der Waals surface area (Å²) >= 11 is 3.16. The molecule has 2 nitrogen and oxygen atoms in total. The van der Waals surface area contributed by atoms with Gasteiger partial charge in [-0.3, -0.25) is 0 Å². The molecule has 0 bridgehead atoms. The van der Waals surface area contributed by atoms with E-state index in [2.05, 4.69) is 22.5 Å². The van der Waals surface area contributed by atoms with Crippen molar-refractivity contribution in [3.8, 4) is 0 Å². The number of hydrogen-bond acceptors (Lipinski definition) is 1. The summed E-state index contributed by atoms with van der Waals surface area (Å²) in [6, 6.07) is 0. The average Bonchev–Trinajstić information content (AvgIpc) is 1.84. The van der Waals surface area contributed by atoms with Crippen molar-refractivity contribution in [3.05, 3.63) is 12.2 Å². The van der Waals surface area contributed by atoms with Crippen molar-refractivity contribution in [1.82, 2.24) is 0 Å². The minimum atomic E-state index is -0.932. The van der Waals surface area contributed by atoms with Crippen LogP contribution in [0.5, 0.6) is 0 Å². The molecule has 1 atom stereocenters. The third kappa shape index (κ3) is 2.65. The largest absolute Gasteiger partial charge is 0.478 e. The van der Waals surface area contributed by atoms with E-state index in [1.807, 2.05) is 6.92 Å². The van der Waals surface area contributed by atoms with Crippen LogP contribution in [0.25, 0.3) is 0 Å². The number of alkyl halides is 1. The van der Waals surface area contributed by atoms with Gasteiger partial charge in [0.1, 0.15) is 0 Å². The third-order valence-electron chi connectivity index (χ3n) is 1.01. The molecule has 0 heterocycles. The molecule has 0 aromatic heterocycles. The molecule has 0 amide bonds. The fourth-order valence-electron chi connectivity index (χ4n) is 0.380. The first-order valence-corrected chi connectivity index (χ1v) is 3.57. The molecular formula is C6H9BrO2. The number of carboxylic acids is 1. The SMILES string of the molecule is C=C(C(=O)O)C(Br)CC.